The van der Waals surface area contributed by atoms with Crippen molar-refractivity contribution in [3.05, 3.63) is 70.9 Å². The first-order chi connectivity index (χ1) is 14.7. The van der Waals surface area contributed by atoms with Crippen molar-refractivity contribution in [3.8, 4) is 0 Å². The molecule has 7 heteroatoms. The van der Waals surface area contributed by atoms with Crippen molar-refractivity contribution < 1.29 is 28.6 Å². The predicted octanol–water partition coefficient (Wildman–Crippen LogP) is 4.66. The molecule has 2 aromatic carbocycles. The van der Waals surface area contributed by atoms with Crippen LogP contribution >= 0.6 is 0 Å². The van der Waals surface area contributed by atoms with Gasteiger partial charge in [-0.2, -0.15) is 0 Å². The second-order valence-electron chi connectivity index (χ2n) is 7.89. The third-order valence-corrected chi connectivity index (χ3v) is 4.34. The first-order valence-electron chi connectivity index (χ1n) is 9.97. The van der Waals surface area contributed by atoms with Crippen molar-refractivity contribution in [3.63, 3.8) is 0 Å². The molecule has 1 N–H and O–H groups in total. The van der Waals surface area contributed by atoms with Gasteiger partial charge in [-0.15, -0.1) is 0 Å². The molecule has 3 rings (SSSR count). The largest absolute Gasteiger partial charge is 0.461 e. The number of nitrogens with one attached hydrogen (secondary N) is 1. The summed E-state index contributed by atoms with van der Waals surface area (Å²) >= 11 is 0. The van der Waals surface area contributed by atoms with Gasteiger partial charge in [0, 0.05) is 10.9 Å². The van der Waals surface area contributed by atoms with Crippen LogP contribution in [0.5, 0.6) is 0 Å². The van der Waals surface area contributed by atoms with E-state index in [-0.39, 0.29) is 35.4 Å². The maximum atomic E-state index is 13.0. The van der Waals surface area contributed by atoms with E-state index in [4.69, 9.17) is 14.2 Å². The van der Waals surface area contributed by atoms with Crippen LogP contribution in [0.15, 0.2) is 48.5 Å². The lowest BCUT2D eigenvalue weighted by atomic mass is 10.0. The first-order valence-corrected chi connectivity index (χ1v) is 9.97. The molecule has 0 bridgehead atoms. The fourth-order valence-corrected chi connectivity index (χ4v) is 3.11. The predicted molar refractivity (Wildman–Crippen MR) is 115 cm³/mol. The molecule has 0 aliphatic carbocycles. The molecule has 162 valence electrons. The Hall–Kier alpha value is -3.61. The van der Waals surface area contributed by atoms with E-state index in [9.17, 15) is 14.4 Å². The number of carbonyl (C=O) groups is 3. The topological polar surface area (TPSA) is 94.7 Å². The molecule has 0 aliphatic heterocycles. The van der Waals surface area contributed by atoms with Crippen LogP contribution in [0.25, 0.3) is 10.9 Å². The van der Waals surface area contributed by atoms with E-state index >= 15 is 0 Å². The Morgan fingerprint density at radius 1 is 0.871 bits per heavy atom. The normalized spacial score (nSPS) is 11.2. The molecular weight excluding hydrogens is 398 g/mol. The van der Waals surface area contributed by atoms with Crippen LogP contribution in [0.4, 0.5) is 0 Å². The Morgan fingerprint density at radius 3 is 2.23 bits per heavy atom. The van der Waals surface area contributed by atoms with E-state index in [2.05, 4.69) is 4.98 Å². The van der Waals surface area contributed by atoms with Gasteiger partial charge in [0.1, 0.15) is 23.5 Å². The molecule has 0 unspecified atom stereocenters. The van der Waals surface area contributed by atoms with Crippen LogP contribution in [-0.2, 0) is 20.8 Å². The highest BCUT2D eigenvalue weighted by atomic mass is 16.6. The Labute approximate surface area is 180 Å². The number of hydrogen-bond acceptors (Lipinski definition) is 6. The summed E-state index contributed by atoms with van der Waals surface area (Å²) in [7, 11) is 0. The number of fused-ring (bicyclic) bond motifs is 1. The second kappa shape index (κ2) is 9.04. The molecule has 0 aliphatic rings. The number of carbonyl (C=O) groups excluding carboxylic acids is 3. The molecule has 0 radical (unpaired) electrons. The molecular formula is C24H25NO6. The van der Waals surface area contributed by atoms with Gasteiger partial charge in [-0.05, 0) is 45.4 Å². The zero-order valence-corrected chi connectivity index (χ0v) is 18.0. The van der Waals surface area contributed by atoms with E-state index in [0.717, 1.165) is 5.56 Å². The quantitative estimate of drug-likeness (QED) is 0.458. The molecule has 0 fully saturated rings. The summed E-state index contributed by atoms with van der Waals surface area (Å²) in [5.74, 6) is -2.05. The Kier molecular flexibility index (Phi) is 6.44. The highest BCUT2D eigenvalue weighted by Gasteiger charge is 2.31. The van der Waals surface area contributed by atoms with E-state index < -0.39 is 23.5 Å². The molecule has 31 heavy (non-hydrogen) atoms. The average Bonchev–Trinajstić information content (AvgIpc) is 3.12. The minimum Gasteiger partial charge on any atom is -0.461 e. The lowest BCUT2D eigenvalue weighted by Gasteiger charge is -2.19. The smallest absolute Gasteiger partial charge is 0.355 e. The van der Waals surface area contributed by atoms with Gasteiger partial charge >= 0.3 is 17.9 Å². The molecule has 0 saturated heterocycles. The zero-order chi connectivity index (χ0) is 22.6. The lowest BCUT2D eigenvalue weighted by molar-refractivity contribution is 0.00666. The number of hydrogen-bond donors (Lipinski definition) is 1. The molecule has 3 aromatic rings. The van der Waals surface area contributed by atoms with Crippen LogP contribution in [-0.4, -0.2) is 35.1 Å². The summed E-state index contributed by atoms with van der Waals surface area (Å²) in [6.45, 7) is 7.04. The van der Waals surface area contributed by atoms with E-state index in [0.29, 0.717) is 5.52 Å². The van der Waals surface area contributed by atoms with Crippen LogP contribution < -0.4 is 0 Å². The summed E-state index contributed by atoms with van der Waals surface area (Å²) in [4.78, 5) is 41.3. The van der Waals surface area contributed by atoms with Crippen molar-refractivity contribution in [2.75, 3.05) is 6.61 Å². The summed E-state index contributed by atoms with van der Waals surface area (Å²) in [6.07, 6.45) is 0. The minimum atomic E-state index is -0.796. The third-order valence-electron chi connectivity index (χ3n) is 4.34. The number of aromatic amines is 1. The number of ether oxygens (including phenoxy) is 3. The van der Waals surface area contributed by atoms with Crippen molar-refractivity contribution in [2.45, 2.75) is 39.9 Å². The molecule has 0 saturated carbocycles. The monoisotopic (exact) mass is 423 g/mol. The second-order valence-corrected chi connectivity index (χ2v) is 7.89. The highest BCUT2D eigenvalue weighted by molar-refractivity contribution is 6.18. The number of H-pyrrole nitrogens is 1. The van der Waals surface area contributed by atoms with Crippen molar-refractivity contribution in [1.29, 1.82) is 0 Å². The zero-order valence-electron chi connectivity index (χ0n) is 18.0. The standard InChI is InChI=1S/C24H25NO6/c1-5-29-23(28)20-19(22(27)31-24(2,3)4)18-16(12-9-13-17(18)25-20)21(26)30-14-15-10-7-6-8-11-15/h6-13,25H,5,14H2,1-4H3. The summed E-state index contributed by atoms with van der Waals surface area (Å²) in [5.41, 5.74) is 0.510. The van der Waals surface area contributed by atoms with Gasteiger partial charge in [-0.1, -0.05) is 36.4 Å². The fourth-order valence-electron chi connectivity index (χ4n) is 3.11. The molecule has 0 amide bonds. The Morgan fingerprint density at radius 2 is 1.58 bits per heavy atom. The summed E-state index contributed by atoms with van der Waals surface area (Å²) < 4.78 is 16.0. The van der Waals surface area contributed by atoms with E-state index in [1.807, 2.05) is 30.3 Å². The maximum absolute atomic E-state index is 13.0. The van der Waals surface area contributed by atoms with E-state index in [1.54, 1.807) is 45.9 Å². The summed E-state index contributed by atoms with van der Waals surface area (Å²) in [6, 6.07) is 14.1. The Bertz CT molecular complexity index is 1110. The number of benzene rings is 2. The van der Waals surface area contributed by atoms with Gasteiger partial charge in [0.05, 0.1) is 12.2 Å². The van der Waals surface area contributed by atoms with Gasteiger partial charge in [0.15, 0.2) is 0 Å². The van der Waals surface area contributed by atoms with Gasteiger partial charge in [-0.3, -0.25) is 0 Å². The molecule has 7 nitrogen and oxygen atoms in total. The number of aromatic nitrogens is 1. The highest BCUT2D eigenvalue weighted by Crippen LogP contribution is 2.29. The Balaban J connectivity index is 2.07. The van der Waals surface area contributed by atoms with Crippen molar-refractivity contribution in [2.24, 2.45) is 0 Å². The average molecular weight is 423 g/mol. The van der Waals surface area contributed by atoms with Crippen molar-refractivity contribution >= 4 is 28.8 Å². The number of rotatable bonds is 6. The van der Waals surface area contributed by atoms with Crippen LogP contribution in [0.1, 0.15) is 64.5 Å². The van der Waals surface area contributed by atoms with Gasteiger partial charge in [0.25, 0.3) is 0 Å². The van der Waals surface area contributed by atoms with E-state index in [1.165, 1.54) is 0 Å². The van der Waals surface area contributed by atoms with Gasteiger partial charge in [-0.25, -0.2) is 14.4 Å². The van der Waals surface area contributed by atoms with Crippen molar-refractivity contribution in [1.82, 2.24) is 4.98 Å². The molecule has 0 atom stereocenters. The number of esters is 3. The molecule has 1 heterocycles. The van der Waals surface area contributed by atoms with Crippen LogP contribution in [0.2, 0.25) is 0 Å². The van der Waals surface area contributed by atoms with Crippen LogP contribution in [0.3, 0.4) is 0 Å². The first kappa shape index (κ1) is 22.1. The van der Waals surface area contributed by atoms with Gasteiger partial charge in [0.2, 0.25) is 0 Å². The molecule has 0 spiro atoms. The SMILES string of the molecule is CCOC(=O)c1[nH]c2cccc(C(=O)OCc3ccccc3)c2c1C(=O)OC(C)(C)C. The minimum absolute atomic E-state index is 0.0457. The summed E-state index contributed by atoms with van der Waals surface area (Å²) in [5, 5.41) is 0.262. The van der Waals surface area contributed by atoms with Crippen LogP contribution in [0, 0.1) is 0 Å². The molecule has 1 aromatic heterocycles. The third kappa shape index (κ3) is 5.12. The fraction of sp³-hybridized carbons (Fsp3) is 0.292. The lowest BCUT2D eigenvalue weighted by Crippen LogP contribution is -2.25. The maximum Gasteiger partial charge on any atom is 0.355 e. The van der Waals surface area contributed by atoms with Gasteiger partial charge < -0.3 is 19.2 Å².